The molecular formula is C9H17NY-2. The molecule has 0 spiro atoms. The van der Waals surface area contributed by atoms with E-state index in [2.05, 4.69) is 25.8 Å². The molecule has 1 aliphatic rings. The first kappa shape index (κ1) is 12.1. The van der Waals surface area contributed by atoms with E-state index in [0.717, 1.165) is 6.42 Å². The van der Waals surface area contributed by atoms with Gasteiger partial charge in [-0.25, -0.2) is 0 Å². The van der Waals surface area contributed by atoms with Gasteiger partial charge in [0.25, 0.3) is 0 Å². The van der Waals surface area contributed by atoms with Gasteiger partial charge < -0.3 is 18.7 Å². The van der Waals surface area contributed by atoms with Crippen molar-refractivity contribution in [2.75, 3.05) is 13.6 Å². The Bertz CT molecular complexity index is 95.7. The van der Waals surface area contributed by atoms with E-state index in [1.54, 1.807) is 0 Å². The molecule has 1 radical (unpaired) electrons. The zero-order chi connectivity index (χ0) is 7.56. The first-order valence-electron chi connectivity index (χ1n) is 4.08. The summed E-state index contributed by atoms with van der Waals surface area (Å²) < 4.78 is 0. The number of hydrogen-bond acceptors (Lipinski definition) is 1. The number of nitrogens with zero attached hydrogens (tertiary/aromatic N) is 1. The van der Waals surface area contributed by atoms with Crippen LogP contribution in [0.5, 0.6) is 0 Å². The van der Waals surface area contributed by atoms with Crippen LogP contribution in [-0.4, -0.2) is 24.5 Å². The molecule has 0 bridgehead atoms. The van der Waals surface area contributed by atoms with Crippen molar-refractivity contribution in [1.29, 1.82) is 0 Å². The summed E-state index contributed by atoms with van der Waals surface area (Å²) in [5.41, 5.74) is 0. The molecular weight excluding hydrogens is 211 g/mol. The standard InChI is InChI=1S/C9H17N.Y/c1-4-9-8(2)6-5-7-10(9)3;/h8-9H,1-2,4-7H2,3H3;/q-2;. The minimum Gasteiger partial charge on any atom is -0.342 e. The SMILES string of the molecule is [CH2-]CC1C([CH2-])CCCN1C.[Y]. The molecule has 1 aliphatic heterocycles. The smallest absolute Gasteiger partial charge is 0 e. The molecule has 0 aliphatic carbocycles. The zero-order valence-electron chi connectivity index (χ0n) is 7.42. The van der Waals surface area contributed by atoms with Crippen molar-refractivity contribution in [3.8, 4) is 0 Å². The summed E-state index contributed by atoms with van der Waals surface area (Å²) in [6.45, 7) is 9.28. The van der Waals surface area contributed by atoms with Gasteiger partial charge in [0, 0.05) is 32.7 Å². The third-order valence-electron chi connectivity index (χ3n) is 2.49. The predicted molar refractivity (Wildman–Crippen MR) is 44.5 cm³/mol. The van der Waals surface area contributed by atoms with Crippen LogP contribution >= 0.6 is 0 Å². The molecule has 1 heterocycles. The van der Waals surface area contributed by atoms with Crippen LogP contribution in [0.15, 0.2) is 0 Å². The second-order valence-electron chi connectivity index (χ2n) is 3.24. The van der Waals surface area contributed by atoms with Crippen molar-refractivity contribution in [3.05, 3.63) is 13.8 Å². The monoisotopic (exact) mass is 228 g/mol. The van der Waals surface area contributed by atoms with Gasteiger partial charge in [0.2, 0.25) is 0 Å². The molecule has 0 aromatic heterocycles. The average Bonchev–Trinajstić information content (AvgIpc) is 1.88. The Hall–Kier alpha value is 1.06. The molecule has 1 fully saturated rings. The van der Waals surface area contributed by atoms with Gasteiger partial charge in [0.15, 0.2) is 0 Å². The predicted octanol–water partition coefficient (Wildman–Crippen LogP) is 1.75. The normalized spacial score (nSPS) is 33.0. The van der Waals surface area contributed by atoms with Crippen LogP contribution in [-0.2, 0) is 32.7 Å². The van der Waals surface area contributed by atoms with E-state index >= 15 is 0 Å². The van der Waals surface area contributed by atoms with E-state index in [1.807, 2.05) is 0 Å². The Morgan fingerprint density at radius 2 is 2.18 bits per heavy atom. The van der Waals surface area contributed by atoms with E-state index in [4.69, 9.17) is 0 Å². The fraction of sp³-hybridized carbons (Fsp3) is 0.778. The Labute approximate surface area is 95.8 Å². The fourth-order valence-electron chi connectivity index (χ4n) is 1.78. The molecule has 2 unspecified atom stereocenters. The maximum atomic E-state index is 4.12. The number of hydrogen-bond donors (Lipinski definition) is 0. The minimum absolute atomic E-state index is 0. The molecule has 63 valence electrons. The summed E-state index contributed by atoms with van der Waals surface area (Å²) in [4.78, 5) is 2.38. The van der Waals surface area contributed by atoms with Gasteiger partial charge in [0.1, 0.15) is 0 Å². The molecule has 0 amide bonds. The van der Waals surface area contributed by atoms with Crippen LogP contribution in [0.25, 0.3) is 0 Å². The van der Waals surface area contributed by atoms with Crippen molar-refractivity contribution in [2.45, 2.75) is 25.3 Å². The van der Waals surface area contributed by atoms with Crippen molar-refractivity contribution in [3.63, 3.8) is 0 Å². The van der Waals surface area contributed by atoms with Crippen molar-refractivity contribution >= 4 is 0 Å². The van der Waals surface area contributed by atoms with Gasteiger partial charge in [-0.05, 0) is 26.1 Å². The van der Waals surface area contributed by atoms with Crippen LogP contribution in [0, 0.1) is 19.8 Å². The molecule has 0 N–H and O–H groups in total. The van der Waals surface area contributed by atoms with Crippen LogP contribution in [0.3, 0.4) is 0 Å². The molecule has 11 heavy (non-hydrogen) atoms. The zero-order valence-corrected chi connectivity index (χ0v) is 10.3. The summed E-state index contributed by atoms with van der Waals surface area (Å²) in [5, 5.41) is 0. The van der Waals surface area contributed by atoms with Crippen LogP contribution in [0.2, 0.25) is 0 Å². The maximum Gasteiger partial charge on any atom is 0 e. The van der Waals surface area contributed by atoms with Crippen molar-refractivity contribution in [2.24, 2.45) is 5.92 Å². The second-order valence-corrected chi connectivity index (χ2v) is 3.24. The van der Waals surface area contributed by atoms with E-state index in [0.29, 0.717) is 12.0 Å². The summed E-state index contributed by atoms with van der Waals surface area (Å²) >= 11 is 0. The van der Waals surface area contributed by atoms with Gasteiger partial charge in [-0.1, -0.05) is 6.42 Å². The fourth-order valence-corrected chi connectivity index (χ4v) is 1.78. The first-order valence-corrected chi connectivity index (χ1v) is 4.08. The Kier molecular flexibility index (Phi) is 6.21. The summed E-state index contributed by atoms with van der Waals surface area (Å²) in [6, 6.07) is 0.633. The largest absolute Gasteiger partial charge is 0.342 e. The van der Waals surface area contributed by atoms with Crippen LogP contribution in [0.4, 0.5) is 0 Å². The summed E-state index contributed by atoms with van der Waals surface area (Å²) in [6.07, 6.45) is 3.59. The maximum absolute atomic E-state index is 4.12. The molecule has 1 nitrogen and oxygen atoms in total. The summed E-state index contributed by atoms with van der Waals surface area (Å²) in [5.74, 6) is 0.608. The molecule has 2 heteroatoms. The molecule has 0 aromatic carbocycles. The van der Waals surface area contributed by atoms with E-state index in [9.17, 15) is 0 Å². The third-order valence-corrected chi connectivity index (χ3v) is 2.49. The van der Waals surface area contributed by atoms with Gasteiger partial charge >= 0.3 is 0 Å². The topological polar surface area (TPSA) is 3.24 Å². The van der Waals surface area contributed by atoms with Gasteiger partial charge in [0.05, 0.1) is 0 Å². The molecule has 1 rings (SSSR count). The molecule has 0 aromatic rings. The summed E-state index contributed by atoms with van der Waals surface area (Å²) in [7, 11) is 2.17. The Morgan fingerprint density at radius 1 is 1.55 bits per heavy atom. The Balaban J connectivity index is 0.000001000. The first-order chi connectivity index (χ1) is 4.75. The number of piperidine rings is 1. The molecule has 2 atom stereocenters. The van der Waals surface area contributed by atoms with Gasteiger partial charge in [-0.2, -0.15) is 12.3 Å². The van der Waals surface area contributed by atoms with Crippen molar-refractivity contribution < 1.29 is 32.7 Å². The number of rotatable bonds is 1. The van der Waals surface area contributed by atoms with Crippen LogP contribution < -0.4 is 0 Å². The Morgan fingerprint density at radius 3 is 2.55 bits per heavy atom. The van der Waals surface area contributed by atoms with E-state index < -0.39 is 0 Å². The number of likely N-dealkylation sites (tertiary alicyclic amines) is 1. The third kappa shape index (κ3) is 3.12. The minimum atomic E-state index is 0. The van der Waals surface area contributed by atoms with Gasteiger partial charge in [-0.3, -0.25) is 0 Å². The second kappa shape index (κ2) is 5.67. The molecule has 1 saturated heterocycles. The van der Waals surface area contributed by atoms with Crippen LogP contribution in [0.1, 0.15) is 19.3 Å². The quantitative estimate of drug-likeness (QED) is 0.618. The average molecular weight is 228 g/mol. The van der Waals surface area contributed by atoms with E-state index in [1.165, 1.54) is 19.4 Å². The van der Waals surface area contributed by atoms with Gasteiger partial charge in [-0.15, -0.1) is 0 Å². The molecule has 0 saturated carbocycles. The van der Waals surface area contributed by atoms with E-state index in [-0.39, 0.29) is 32.7 Å². The van der Waals surface area contributed by atoms with Crippen molar-refractivity contribution in [1.82, 2.24) is 4.90 Å².